The maximum Gasteiger partial charge on any atom is 0.280 e. The Balaban J connectivity index is 2.97. The minimum atomic E-state index is -2.17. The fraction of sp³-hybridized carbons (Fsp3) is 0.125. The number of carbonyl (C=O) groups is 1. The lowest BCUT2D eigenvalue weighted by atomic mass is 10.1. The topological polar surface area (TPSA) is 17.1 Å². The van der Waals surface area contributed by atoms with Crippen LogP contribution >= 0.6 is 47.8 Å². The molecule has 1 nitrogen and oxygen atoms in total. The molecule has 0 fully saturated rings. The first kappa shape index (κ1) is 11.3. The SMILES string of the molecule is O=C(c1ccc(Br)cc1)C(F)(Br)Br. The van der Waals surface area contributed by atoms with Crippen molar-refractivity contribution in [1.82, 2.24) is 0 Å². The van der Waals surface area contributed by atoms with Gasteiger partial charge >= 0.3 is 0 Å². The molecule has 1 aromatic carbocycles. The number of halogens is 4. The van der Waals surface area contributed by atoms with Gasteiger partial charge in [-0.25, -0.2) is 4.39 Å². The van der Waals surface area contributed by atoms with Crippen molar-refractivity contribution < 1.29 is 9.18 Å². The third-order valence-corrected chi connectivity index (χ3v) is 2.61. The van der Waals surface area contributed by atoms with Gasteiger partial charge in [0.1, 0.15) is 0 Å². The van der Waals surface area contributed by atoms with Gasteiger partial charge < -0.3 is 0 Å². The van der Waals surface area contributed by atoms with Crippen LogP contribution in [-0.4, -0.2) is 9.27 Å². The van der Waals surface area contributed by atoms with Gasteiger partial charge in [-0.15, -0.1) is 0 Å². The quantitative estimate of drug-likeness (QED) is 0.564. The molecular weight excluding hydrogens is 371 g/mol. The largest absolute Gasteiger partial charge is 0.288 e. The van der Waals surface area contributed by atoms with Gasteiger partial charge in [0.05, 0.1) is 0 Å². The lowest BCUT2D eigenvalue weighted by molar-refractivity contribution is 0.0926. The van der Waals surface area contributed by atoms with Gasteiger partial charge in [-0.3, -0.25) is 4.79 Å². The lowest BCUT2D eigenvalue weighted by Gasteiger charge is -2.08. The molecule has 0 aromatic heterocycles. The zero-order valence-corrected chi connectivity index (χ0v) is 11.0. The van der Waals surface area contributed by atoms with Crippen LogP contribution in [0, 0.1) is 0 Å². The van der Waals surface area contributed by atoms with E-state index in [-0.39, 0.29) is 0 Å². The van der Waals surface area contributed by atoms with Crippen LogP contribution in [-0.2, 0) is 0 Å². The highest BCUT2D eigenvalue weighted by Crippen LogP contribution is 2.32. The highest BCUT2D eigenvalue weighted by Gasteiger charge is 2.32. The molecule has 0 atom stereocenters. The van der Waals surface area contributed by atoms with Crippen molar-refractivity contribution in [3.8, 4) is 0 Å². The van der Waals surface area contributed by atoms with Gasteiger partial charge in [-0.2, -0.15) is 0 Å². The third-order valence-electron chi connectivity index (χ3n) is 1.36. The van der Waals surface area contributed by atoms with Crippen LogP contribution < -0.4 is 0 Å². The van der Waals surface area contributed by atoms with Crippen molar-refractivity contribution in [2.24, 2.45) is 0 Å². The average molecular weight is 375 g/mol. The number of benzene rings is 1. The smallest absolute Gasteiger partial charge is 0.280 e. The third kappa shape index (κ3) is 3.14. The fourth-order valence-electron chi connectivity index (χ4n) is 0.765. The first-order valence-electron chi connectivity index (χ1n) is 3.28. The second-order valence-corrected chi connectivity index (χ2v) is 6.50. The van der Waals surface area contributed by atoms with Crippen molar-refractivity contribution in [2.45, 2.75) is 3.49 Å². The van der Waals surface area contributed by atoms with E-state index in [0.29, 0.717) is 5.56 Å². The van der Waals surface area contributed by atoms with Gasteiger partial charge in [0, 0.05) is 10.0 Å². The zero-order chi connectivity index (χ0) is 10.1. The van der Waals surface area contributed by atoms with Crippen LogP contribution in [0.15, 0.2) is 28.7 Å². The van der Waals surface area contributed by atoms with E-state index in [1.807, 2.05) is 0 Å². The summed E-state index contributed by atoms with van der Waals surface area (Å²) >= 11 is 8.39. The summed E-state index contributed by atoms with van der Waals surface area (Å²) in [5.74, 6) is -0.653. The Labute approximate surface area is 100 Å². The zero-order valence-electron chi connectivity index (χ0n) is 6.23. The molecule has 0 amide bonds. The summed E-state index contributed by atoms with van der Waals surface area (Å²) in [7, 11) is 0. The van der Waals surface area contributed by atoms with E-state index in [1.165, 1.54) is 0 Å². The summed E-state index contributed by atoms with van der Waals surface area (Å²) in [5, 5.41) is 0. The Morgan fingerprint density at radius 2 is 1.69 bits per heavy atom. The van der Waals surface area contributed by atoms with E-state index >= 15 is 0 Å². The van der Waals surface area contributed by atoms with E-state index in [4.69, 9.17) is 0 Å². The maximum atomic E-state index is 13.0. The molecule has 0 saturated heterocycles. The van der Waals surface area contributed by atoms with Gasteiger partial charge in [0.25, 0.3) is 3.49 Å². The van der Waals surface area contributed by atoms with Crippen LogP contribution in [0.4, 0.5) is 4.39 Å². The molecule has 0 heterocycles. The summed E-state index contributed by atoms with van der Waals surface area (Å²) in [4.78, 5) is 11.3. The monoisotopic (exact) mass is 372 g/mol. The number of Topliss-reactive ketones (excluding diaryl/α,β-unsaturated/α-hetero) is 1. The molecule has 0 spiro atoms. The Morgan fingerprint density at radius 3 is 2.08 bits per heavy atom. The van der Waals surface area contributed by atoms with Crippen LogP contribution in [0.2, 0.25) is 0 Å². The summed E-state index contributed by atoms with van der Waals surface area (Å²) < 4.78 is 11.7. The Morgan fingerprint density at radius 1 is 1.23 bits per heavy atom. The molecule has 0 unspecified atom stereocenters. The second kappa shape index (κ2) is 4.19. The summed E-state index contributed by atoms with van der Waals surface area (Å²) in [6.07, 6.45) is 0. The van der Waals surface area contributed by atoms with Crippen molar-refractivity contribution in [1.29, 1.82) is 0 Å². The number of alkyl halides is 3. The standard InChI is InChI=1S/C8H4Br3FO/c9-6-3-1-5(2-4-6)7(13)8(10,11)12/h1-4H. The molecule has 13 heavy (non-hydrogen) atoms. The predicted octanol–water partition coefficient (Wildman–Crippen LogP) is 4.04. The Hall–Kier alpha value is 0.260. The molecule has 0 radical (unpaired) electrons. The number of rotatable bonds is 2. The molecule has 1 aromatic rings. The van der Waals surface area contributed by atoms with Gasteiger partial charge in [-0.05, 0) is 44.0 Å². The van der Waals surface area contributed by atoms with E-state index in [0.717, 1.165) is 4.47 Å². The molecule has 5 heteroatoms. The van der Waals surface area contributed by atoms with Gasteiger partial charge in [0.2, 0.25) is 5.78 Å². The lowest BCUT2D eigenvalue weighted by Crippen LogP contribution is -2.18. The van der Waals surface area contributed by atoms with Crippen molar-refractivity contribution >= 4 is 53.6 Å². The highest BCUT2D eigenvalue weighted by molar-refractivity contribution is 9.25. The number of hydrogen-bond acceptors (Lipinski definition) is 1. The minimum absolute atomic E-state index is 0.305. The van der Waals surface area contributed by atoms with Crippen molar-refractivity contribution in [3.63, 3.8) is 0 Å². The summed E-state index contributed by atoms with van der Waals surface area (Å²) in [5.41, 5.74) is 0.305. The first-order chi connectivity index (χ1) is 5.91. The molecule has 0 aliphatic carbocycles. The van der Waals surface area contributed by atoms with Gasteiger partial charge in [-0.1, -0.05) is 28.1 Å². The highest BCUT2D eigenvalue weighted by atomic mass is 79.9. The molecule has 0 N–H and O–H groups in total. The van der Waals surface area contributed by atoms with E-state index in [2.05, 4.69) is 47.8 Å². The van der Waals surface area contributed by atoms with Crippen LogP contribution in [0.25, 0.3) is 0 Å². The first-order valence-corrected chi connectivity index (χ1v) is 5.66. The predicted molar refractivity (Wildman–Crippen MR) is 60.2 cm³/mol. The maximum absolute atomic E-state index is 13.0. The van der Waals surface area contributed by atoms with E-state index in [9.17, 15) is 9.18 Å². The Kier molecular flexibility index (Phi) is 3.65. The number of hydrogen-bond donors (Lipinski definition) is 0. The van der Waals surface area contributed by atoms with Crippen LogP contribution in [0.1, 0.15) is 10.4 Å². The molecule has 0 bridgehead atoms. The average Bonchev–Trinajstić information content (AvgIpc) is 2.03. The number of carbonyl (C=O) groups excluding carboxylic acids is 1. The summed E-state index contributed by atoms with van der Waals surface area (Å²) in [6, 6.07) is 6.45. The Bertz CT molecular complexity index is 315. The summed E-state index contributed by atoms with van der Waals surface area (Å²) in [6.45, 7) is 0. The molecule has 0 aliphatic heterocycles. The fourth-order valence-corrected chi connectivity index (χ4v) is 1.49. The van der Waals surface area contributed by atoms with E-state index < -0.39 is 9.27 Å². The van der Waals surface area contributed by atoms with Gasteiger partial charge in [0.15, 0.2) is 0 Å². The van der Waals surface area contributed by atoms with E-state index in [1.54, 1.807) is 24.3 Å². The molecule has 70 valence electrons. The molecule has 0 aliphatic rings. The molecule has 1 rings (SSSR count). The molecular formula is C8H4Br3FO. The number of ketones is 1. The van der Waals surface area contributed by atoms with Crippen molar-refractivity contribution in [2.75, 3.05) is 0 Å². The molecule has 0 saturated carbocycles. The normalized spacial score (nSPS) is 11.4. The van der Waals surface area contributed by atoms with Crippen LogP contribution in [0.5, 0.6) is 0 Å². The minimum Gasteiger partial charge on any atom is -0.288 e. The van der Waals surface area contributed by atoms with Crippen molar-refractivity contribution in [3.05, 3.63) is 34.3 Å². The second-order valence-electron chi connectivity index (χ2n) is 2.33. The van der Waals surface area contributed by atoms with Crippen LogP contribution in [0.3, 0.4) is 0 Å².